The molecule has 0 aromatic heterocycles. The van der Waals surface area contributed by atoms with E-state index in [1.165, 1.54) is 7.05 Å². The van der Waals surface area contributed by atoms with E-state index in [4.69, 9.17) is 11.6 Å². The third-order valence-corrected chi connectivity index (χ3v) is 2.52. The summed E-state index contributed by atoms with van der Waals surface area (Å²) >= 11 is 4.71. The first kappa shape index (κ1) is 10.6. The van der Waals surface area contributed by atoms with Gasteiger partial charge in [0.05, 0.1) is 6.04 Å². The average Bonchev–Trinajstić information content (AvgIpc) is 2.33. The van der Waals surface area contributed by atoms with Crippen LogP contribution in [0.4, 0.5) is 13.2 Å². The van der Waals surface area contributed by atoms with Crippen LogP contribution in [0.1, 0.15) is 12.8 Å². The number of carbonyl (C=O) groups is 1. The van der Waals surface area contributed by atoms with Gasteiger partial charge >= 0.3 is 5.92 Å². The van der Waals surface area contributed by atoms with Gasteiger partial charge in [-0.25, -0.2) is 4.39 Å². The summed E-state index contributed by atoms with van der Waals surface area (Å²) in [6, 6.07) is -1.41. The van der Waals surface area contributed by atoms with Gasteiger partial charge in [-0.05, 0) is 6.42 Å². The van der Waals surface area contributed by atoms with Gasteiger partial charge in [0, 0.05) is 13.5 Å². The molecule has 6 heteroatoms. The largest absolute Gasteiger partial charge is 0.337 e. The summed E-state index contributed by atoms with van der Waals surface area (Å²) in [6.45, 7) is 0. The van der Waals surface area contributed by atoms with Crippen molar-refractivity contribution in [3.05, 3.63) is 0 Å². The zero-order chi connectivity index (χ0) is 10.2. The monoisotopic (exact) mass is 215 g/mol. The van der Waals surface area contributed by atoms with Crippen LogP contribution in [0.25, 0.3) is 0 Å². The van der Waals surface area contributed by atoms with Crippen molar-refractivity contribution in [1.29, 1.82) is 0 Å². The van der Waals surface area contributed by atoms with Crippen LogP contribution in [0.15, 0.2) is 0 Å². The summed E-state index contributed by atoms with van der Waals surface area (Å²) in [7, 11) is 1.23. The smallest absolute Gasteiger partial charge is 0.312 e. The Hall–Kier alpha value is -0.450. The Morgan fingerprint density at radius 3 is 2.54 bits per heavy atom. The lowest BCUT2D eigenvalue weighted by Crippen LogP contribution is -2.47. The molecule has 1 saturated heterocycles. The summed E-state index contributed by atoms with van der Waals surface area (Å²) in [5.41, 5.74) is -2.74. The van der Waals surface area contributed by atoms with E-state index >= 15 is 0 Å². The molecule has 2 unspecified atom stereocenters. The van der Waals surface area contributed by atoms with E-state index in [1.807, 2.05) is 0 Å². The van der Waals surface area contributed by atoms with Crippen molar-refractivity contribution in [2.75, 3.05) is 7.05 Å². The first-order valence-corrected chi connectivity index (χ1v) is 4.22. The molecule has 76 valence electrons. The molecule has 0 aliphatic carbocycles. The lowest BCUT2D eigenvalue weighted by molar-refractivity contribution is -0.137. The highest BCUT2D eigenvalue weighted by atomic mass is 35.5. The van der Waals surface area contributed by atoms with Crippen LogP contribution >= 0.6 is 11.6 Å². The molecule has 2 nitrogen and oxygen atoms in total. The predicted octanol–water partition coefficient (Wildman–Crippen LogP) is 1.78. The molecule has 1 rings (SSSR count). The van der Waals surface area contributed by atoms with E-state index in [1.54, 1.807) is 0 Å². The number of amides is 1. The van der Waals surface area contributed by atoms with Crippen molar-refractivity contribution in [3.63, 3.8) is 0 Å². The summed E-state index contributed by atoms with van der Waals surface area (Å²) < 4.78 is 38.3. The van der Waals surface area contributed by atoms with Crippen LogP contribution in [-0.4, -0.2) is 35.4 Å². The van der Waals surface area contributed by atoms with Crippen LogP contribution in [0.2, 0.25) is 0 Å². The summed E-state index contributed by atoms with van der Waals surface area (Å²) in [4.78, 5) is 11.7. The topological polar surface area (TPSA) is 20.3 Å². The van der Waals surface area contributed by atoms with Gasteiger partial charge in [0.25, 0.3) is 0 Å². The SMILES string of the molecule is CN1C(=O)CCC1C(F)(F)C(F)Cl. The van der Waals surface area contributed by atoms with Crippen molar-refractivity contribution in [2.24, 2.45) is 0 Å². The average molecular weight is 216 g/mol. The highest BCUT2D eigenvalue weighted by Crippen LogP contribution is 2.36. The number of nitrogens with zero attached hydrogens (tertiary/aromatic N) is 1. The maximum Gasteiger partial charge on any atom is 0.312 e. The van der Waals surface area contributed by atoms with Gasteiger partial charge in [0.1, 0.15) is 0 Å². The Labute approximate surface area is 78.6 Å². The van der Waals surface area contributed by atoms with Crippen molar-refractivity contribution >= 4 is 17.5 Å². The van der Waals surface area contributed by atoms with Crippen LogP contribution in [-0.2, 0) is 4.79 Å². The lowest BCUT2D eigenvalue weighted by atomic mass is 10.1. The zero-order valence-electron chi connectivity index (χ0n) is 6.94. The van der Waals surface area contributed by atoms with E-state index in [-0.39, 0.29) is 12.8 Å². The van der Waals surface area contributed by atoms with Gasteiger partial charge in [0.15, 0.2) is 0 Å². The molecule has 13 heavy (non-hydrogen) atoms. The molecular weight excluding hydrogens is 207 g/mol. The molecule has 0 aromatic carbocycles. The standard InChI is InChI=1S/C7H9ClF3NO/c1-12-4(2-3-5(12)13)7(10,11)6(8)9/h4,6H,2-3H2,1H3. The summed E-state index contributed by atoms with van der Waals surface area (Å²) in [6.07, 6.45) is -0.0180. The van der Waals surface area contributed by atoms with Crippen LogP contribution in [0, 0.1) is 0 Å². The fraction of sp³-hybridized carbons (Fsp3) is 0.857. The molecule has 0 spiro atoms. The molecular formula is C7H9ClF3NO. The van der Waals surface area contributed by atoms with Crippen molar-refractivity contribution in [2.45, 2.75) is 30.4 Å². The predicted molar refractivity (Wildman–Crippen MR) is 41.5 cm³/mol. The normalized spacial score (nSPS) is 26.7. The fourth-order valence-electron chi connectivity index (χ4n) is 1.40. The van der Waals surface area contributed by atoms with E-state index in [0.29, 0.717) is 0 Å². The molecule has 1 heterocycles. The fourth-order valence-corrected chi connectivity index (χ4v) is 1.55. The molecule has 0 saturated carbocycles. The molecule has 1 fully saturated rings. The molecule has 1 aliphatic rings. The molecule has 0 aromatic rings. The van der Waals surface area contributed by atoms with Gasteiger partial charge in [-0.3, -0.25) is 4.79 Å². The lowest BCUT2D eigenvalue weighted by Gasteiger charge is -2.28. The Kier molecular flexibility index (Phi) is 2.75. The minimum atomic E-state index is -3.66. The number of halogens is 4. The first-order chi connectivity index (χ1) is 5.87. The van der Waals surface area contributed by atoms with Crippen LogP contribution in [0.5, 0.6) is 0 Å². The van der Waals surface area contributed by atoms with E-state index in [9.17, 15) is 18.0 Å². The van der Waals surface area contributed by atoms with Gasteiger partial charge in [-0.1, -0.05) is 11.6 Å². The minimum absolute atomic E-state index is 0.0281. The highest BCUT2D eigenvalue weighted by Gasteiger charge is 2.52. The number of likely N-dealkylation sites (tertiary alicyclic amines) is 1. The van der Waals surface area contributed by atoms with E-state index in [2.05, 4.69) is 0 Å². The Bertz CT molecular complexity index is 222. The van der Waals surface area contributed by atoms with E-state index in [0.717, 1.165) is 4.90 Å². The Morgan fingerprint density at radius 1 is 1.69 bits per heavy atom. The molecule has 1 aliphatic heterocycles. The first-order valence-electron chi connectivity index (χ1n) is 3.79. The van der Waals surface area contributed by atoms with Gasteiger partial charge in [-0.15, -0.1) is 0 Å². The number of rotatable bonds is 2. The summed E-state index contributed by atoms with van der Waals surface area (Å²) in [5, 5.41) is 0. The van der Waals surface area contributed by atoms with Crippen LogP contribution in [0.3, 0.4) is 0 Å². The van der Waals surface area contributed by atoms with Gasteiger partial charge in [-0.2, -0.15) is 8.78 Å². The maximum atomic E-state index is 13.0. The maximum absolute atomic E-state index is 13.0. The number of hydrogen-bond donors (Lipinski definition) is 0. The van der Waals surface area contributed by atoms with Gasteiger partial charge < -0.3 is 4.90 Å². The second kappa shape index (κ2) is 3.36. The van der Waals surface area contributed by atoms with Crippen molar-refractivity contribution in [1.82, 2.24) is 4.90 Å². The third kappa shape index (κ3) is 1.75. The molecule has 2 atom stereocenters. The Balaban J connectivity index is 2.78. The molecule has 0 N–H and O–H groups in total. The number of carbonyl (C=O) groups excluding carboxylic acids is 1. The van der Waals surface area contributed by atoms with Crippen molar-refractivity contribution in [3.8, 4) is 0 Å². The molecule has 0 radical (unpaired) electrons. The van der Waals surface area contributed by atoms with Gasteiger partial charge in [0.2, 0.25) is 11.5 Å². The quantitative estimate of drug-likeness (QED) is 0.643. The molecule has 0 bridgehead atoms. The zero-order valence-corrected chi connectivity index (χ0v) is 7.69. The van der Waals surface area contributed by atoms with Crippen LogP contribution < -0.4 is 0 Å². The van der Waals surface area contributed by atoms with E-state index < -0.39 is 23.5 Å². The molecule has 1 amide bonds. The summed E-state index contributed by atoms with van der Waals surface area (Å²) in [5.74, 6) is -4.07. The highest BCUT2D eigenvalue weighted by molar-refractivity contribution is 6.20. The number of alkyl halides is 4. The second-order valence-corrected chi connectivity index (χ2v) is 3.42. The minimum Gasteiger partial charge on any atom is -0.337 e. The third-order valence-electron chi connectivity index (χ3n) is 2.23. The Morgan fingerprint density at radius 2 is 2.23 bits per heavy atom. The number of hydrogen-bond acceptors (Lipinski definition) is 1. The van der Waals surface area contributed by atoms with Crippen molar-refractivity contribution < 1.29 is 18.0 Å². The second-order valence-electron chi connectivity index (χ2n) is 3.03.